The first kappa shape index (κ1) is 8.26. The van der Waals surface area contributed by atoms with Crippen molar-refractivity contribution in [2.45, 2.75) is 13.0 Å². The number of benzene rings is 1. The highest BCUT2D eigenvalue weighted by molar-refractivity contribution is 6.00. The predicted octanol–water partition coefficient (Wildman–Crippen LogP) is 0.664. The van der Waals surface area contributed by atoms with Gasteiger partial charge in [0.1, 0.15) is 0 Å². The van der Waals surface area contributed by atoms with E-state index in [1.165, 1.54) is 0 Å². The van der Waals surface area contributed by atoms with Gasteiger partial charge < -0.3 is 10.6 Å². The van der Waals surface area contributed by atoms with Crippen molar-refractivity contribution >= 4 is 11.6 Å². The first-order valence-corrected chi connectivity index (χ1v) is 4.31. The van der Waals surface area contributed by atoms with Gasteiger partial charge in [-0.2, -0.15) is 0 Å². The molecule has 2 N–H and O–H groups in total. The van der Waals surface area contributed by atoms with Crippen molar-refractivity contribution in [2.75, 3.05) is 11.9 Å². The van der Waals surface area contributed by atoms with Crippen LogP contribution in [0, 0.1) is 0 Å². The van der Waals surface area contributed by atoms with Crippen molar-refractivity contribution in [3.05, 3.63) is 29.3 Å². The maximum Gasteiger partial charge on any atom is 0.231 e. The fourth-order valence-electron chi connectivity index (χ4n) is 1.65. The van der Waals surface area contributed by atoms with Crippen LogP contribution in [0.5, 0.6) is 0 Å². The van der Waals surface area contributed by atoms with Crippen molar-refractivity contribution in [1.82, 2.24) is 0 Å². The Morgan fingerprint density at radius 1 is 1.54 bits per heavy atom. The fourth-order valence-corrected chi connectivity index (χ4v) is 1.65. The second-order valence-electron chi connectivity index (χ2n) is 3.30. The van der Waals surface area contributed by atoms with Crippen LogP contribution in [0.15, 0.2) is 18.2 Å². The Bertz CT molecular complexity index is 360. The standard InChI is InChI=1S/C10H12N2O/c1-12-9-3-2-7(6-11)4-8(9)5-10(12)13/h2-4H,5-6,11H2,1H3. The summed E-state index contributed by atoms with van der Waals surface area (Å²) in [5.74, 6) is 0.157. The highest BCUT2D eigenvalue weighted by Crippen LogP contribution is 2.27. The van der Waals surface area contributed by atoms with Gasteiger partial charge in [0.15, 0.2) is 0 Å². The Balaban J connectivity index is 2.46. The zero-order chi connectivity index (χ0) is 9.42. The lowest BCUT2D eigenvalue weighted by Crippen LogP contribution is -2.20. The van der Waals surface area contributed by atoms with Crippen LogP contribution in [-0.4, -0.2) is 13.0 Å². The van der Waals surface area contributed by atoms with Gasteiger partial charge in [-0.25, -0.2) is 0 Å². The van der Waals surface area contributed by atoms with Gasteiger partial charge in [-0.15, -0.1) is 0 Å². The van der Waals surface area contributed by atoms with Gasteiger partial charge in [0.25, 0.3) is 0 Å². The summed E-state index contributed by atoms with van der Waals surface area (Å²) in [6, 6.07) is 5.94. The van der Waals surface area contributed by atoms with E-state index in [1.807, 2.05) is 18.2 Å². The van der Waals surface area contributed by atoms with Gasteiger partial charge in [0.05, 0.1) is 6.42 Å². The molecule has 1 aliphatic heterocycles. The first-order chi connectivity index (χ1) is 6.22. The minimum absolute atomic E-state index is 0.157. The molecule has 0 saturated heterocycles. The number of hydrogen-bond acceptors (Lipinski definition) is 2. The second kappa shape index (κ2) is 2.85. The maximum absolute atomic E-state index is 11.3. The molecular weight excluding hydrogens is 164 g/mol. The van der Waals surface area contributed by atoms with E-state index in [2.05, 4.69) is 0 Å². The summed E-state index contributed by atoms with van der Waals surface area (Å²) in [5.41, 5.74) is 8.71. The van der Waals surface area contributed by atoms with Crippen molar-refractivity contribution < 1.29 is 4.79 Å². The van der Waals surface area contributed by atoms with Gasteiger partial charge in [-0.1, -0.05) is 12.1 Å². The number of rotatable bonds is 1. The van der Waals surface area contributed by atoms with Crippen LogP contribution in [0.3, 0.4) is 0 Å². The quantitative estimate of drug-likeness (QED) is 0.683. The third-order valence-electron chi connectivity index (χ3n) is 2.46. The summed E-state index contributed by atoms with van der Waals surface area (Å²) in [7, 11) is 1.80. The zero-order valence-corrected chi connectivity index (χ0v) is 7.58. The van der Waals surface area contributed by atoms with E-state index in [-0.39, 0.29) is 5.91 Å². The summed E-state index contributed by atoms with van der Waals surface area (Å²) in [6.45, 7) is 0.533. The summed E-state index contributed by atoms with van der Waals surface area (Å²) < 4.78 is 0. The normalized spacial score (nSPS) is 14.9. The molecule has 0 spiro atoms. The monoisotopic (exact) mass is 176 g/mol. The number of nitrogens with zero attached hydrogens (tertiary/aromatic N) is 1. The van der Waals surface area contributed by atoms with Gasteiger partial charge in [0, 0.05) is 19.3 Å². The molecule has 0 atom stereocenters. The molecule has 0 unspecified atom stereocenters. The average molecular weight is 176 g/mol. The Kier molecular flexibility index (Phi) is 1.81. The van der Waals surface area contributed by atoms with Gasteiger partial charge >= 0.3 is 0 Å². The van der Waals surface area contributed by atoms with Crippen LogP contribution in [0.25, 0.3) is 0 Å². The number of fused-ring (bicyclic) bond motifs is 1. The van der Waals surface area contributed by atoms with Gasteiger partial charge in [-0.05, 0) is 17.2 Å². The molecule has 0 saturated carbocycles. The topological polar surface area (TPSA) is 46.3 Å². The van der Waals surface area contributed by atoms with Crippen molar-refractivity contribution in [3.63, 3.8) is 0 Å². The average Bonchev–Trinajstić information content (AvgIpc) is 2.42. The Labute approximate surface area is 77.1 Å². The molecule has 3 nitrogen and oxygen atoms in total. The van der Waals surface area contributed by atoms with E-state index in [1.54, 1.807) is 11.9 Å². The molecule has 13 heavy (non-hydrogen) atoms. The summed E-state index contributed by atoms with van der Waals surface area (Å²) in [4.78, 5) is 13.0. The van der Waals surface area contributed by atoms with Crippen molar-refractivity contribution in [2.24, 2.45) is 5.73 Å². The van der Waals surface area contributed by atoms with Crippen molar-refractivity contribution in [3.8, 4) is 0 Å². The molecule has 0 aliphatic carbocycles. The van der Waals surface area contributed by atoms with Crippen LogP contribution < -0.4 is 10.6 Å². The molecule has 0 fully saturated rings. The van der Waals surface area contributed by atoms with Crippen LogP contribution in [0.4, 0.5) is 5.69 Å². The number of anilines is 1. The number of carbonyl (C=O) groups is 1. The van der Waals surface area contributed by atoms with Crippen LogP contribution in [0.2, 0.25) is 0 Å². The summed E-state index contributed by atoms with van der Waals surface area (Å²) in [6.07, 6.45) is 0.514. The largest absolute Gasteiger partial charge is 0.326 e. The molecule has 1 aliphatic rings. The molecule has 1 aromatic carbocycles. The Morgan fingerprint density at radius 2 is 2.31 bits per heavy atom. The Morgan fingerprint density at radius 3 is 3.00 bits per heavy atom. The van der Waals surface area contributed by atoms with E-state index in [9.17, 15) is 4.79 Å². The SMILES string of the molecule is CN1C(=O)Cc2cc(CN)ccc21. The van der Waals surface area contributed by atoms with Gasteiger partial charge in [-0.3, -0.25) is 4.79 Å². The molecule has 0 aromatic heterocycles. The number of hydrogen-bond donors (Lipinski definition) is 1. The fraction of sp³-hybridized carbons (Fsp3) is 0.300. The van der Waals surface area contributed by atoms with E-state index in [0.717, 1.165) is 16.8 Å². The maximum atomic E-state index is 11.3. The highest BCUT2D eigenvalue weighted by Gasteiger charge is 2.23. The lowest BCUT2D eigenvalue weighted by Gasteiger charge is -2.09. The first-order valence-electron chi connectivity index (χ1n) is 4.31. The number of likely N-dealkylation sites (N-methyl/N-ethyl adjacent to an activating group) is 1. The molecule has 68 valence electrons. The molecule has 2 rings (SSSR count). The third kappa shape index (κ3) is 1.21. The molecule has 0 radical (unpaired) electrons. The molecular formula is C10H12N2O. The smallest absolute Gasteiger partial charge is 0.231 e. The lowest BCUT2D eigenvalue weighted by atomic mass is 10.1. The third-order valence-corrected chi connectivity index (χ3v) is 2.46. The van der Waals surface area contributed by atoms with Crippen LogP contribution >= 0.6 is 0 Å². The number of nitrogens with two attached hydrogens (primary N) is 1. The van der Waals surface area contributed by atoms with Crippen LogP contribution in [0.1, 0.15) is 11.1 Å². The summed E-state index contributed by atoms with van der Waals surface area (Å²) in [5, 5.41) is 0. The summed E-state index contributed by atoms with van der Waals surface area (Å²) >= 11 is 0. The van der Waals surface area contributed by atoms with E-state index < -0.39 is 0 Å². The number of carbonyl (C=O) groups excluding carboxylic acids is 1. The Hall–Kier alpha value is -1.35. The van der Waals surface area contributed by atoms with Crippen molar-refractivity contribution in [1.29, 1.82) is 0 Å². The predicted molar refractivity (Wildman–Crippen MR) is 51.4 cm³/mol. The highest BCUT2D eigenvalue weighted by atomic mass is 16.2. The van der Waals surface area contributed by atoms with Crippen LogP contribution in [-0.2, 0) is 17.8 Å². The molecule has 1 amide bonds. The second-order valence-corrected chi connectivity index (χ2v) is 3.30. The van der Waals surface area contributed by atoms with E-state index in [0.29, 0.717) is 13.0 Å². The molecule has 1 aromatic rings. The molecule has 3 heteroatoms. The van der Waals surface area contributed by atoms with E-state index in [4.69, 9.17) is 5.73 Å². The lowest BCUT2D eigenvalue weighted by molar-refractivity contribution is -0.117. The molecule has 1 heterocycles. The number of amides is 1. The van der Waals surface area contributed by atoms with Gasteiger partial charge in [0.2, 0.25) is 5.91 Å². The minimum Gasteiger partial charge on any atom is -0.326 e. The molecule has 0 bridgehead atoms. The zero-order valence-electron chi connectivity index (χ0n) is 7.58. The minimum atomic E-state index is 0.157. The van der Waals surface area contributed by atoms with E-state index >= 15 is 0 Å².